The van der Waals surface area contributed by atoms with Crippen LogP contribution in [0.5, 0.6) is 0 Å². The third-order valence-electron chi connectivity index (χ3n) is 5.59. The SMILES string of the molecule is N#Cc1cccc(-n2cccc2CN2CCc3nc(-c4ccc(Cl)cc4)ncc3C2)c1. The van der Waals surface area contributed by atoms with E-state index < -0.39 is 0 Å². The molecule has 0 amide bonds. The van der Waals surface area contributed by atoms with Crippen LogP contribution < -0.4 is 0 Å². The lowest BCUT2D eigenvalue weighted by atomic mass is 10.1. The van der Waals surface area contributed by atoms with Gasteiger partial charge in [0.2, 0.25) is 0 Å². The highest BCUT2D eigenvalue weighted by molar-refractivity contribution is 6.30. The third kappa shape index (κ3) is 4.09. The Morgan fingerprint density at radius 1 is 1.06 bits per heavy atom. The molecule has 5 rings (SSSR count). The first kappa shape index (κ1) is 19.5. The molecule has 0 radical (unpaired) electrons. The molecule has 0 fully saturated rings. The fourth-order valence-electron chi connectivity index (χ4n) is 4.00. The first-order valence-electron chi connectivity index (χ1n) is 10.2. The molecule has 152 valence electrons. The lowest BCUT2D eigenvalue weighted by Crippen LogP contribution is -2.31. The second kappa shape index (κ2) is 8.35. The summed E-state index contributed by atoms with van der Waals surface area (Å²) >= 11 is 5.99. The number of halogens is 1. The highest BCUT2D eigenvalue weighted by Crippen LogP contribution is 2.24. The van der Waals surface area contributed by atoms with Crippen LogP contribution in [-0.4, -0.2) is 26.0 Å². The molecule has 1 aliphatic heterocycles. The summed E-state index contributed by atoms with van der Waals surface area (Å²) in [4.78, 5) is 11.8. The predicted molar refractivity (Wildman–Crippen MR) is 121 cm³/mol. The minimum atomic E-state index is 0.665. The molecule has 0 unspecified atom stereocenters. The van der Waals surface area contributed by atoms with Crippen molar-refractivity contribution >= 4 is 11.6 Å². The summed E-state index contributed by atoms with van der Waals surface area (Å²) in [5, 5.41) is 9.91. The van der Waals surface area contributed by atoms with Gasteiger partial charge in [0.15, 0.2) is 5.82 Å². The van der Waals surface area contributed by atoms with Crippen molar-refractivity contribution in [3.05, 3.63) is 101 Å². The number of hydrogen-bond donors (Lipinski definition) is 0. The zero-order valence-electron chi connectivity index (χ0n) is 16.9. The van der Waals surface area contributed by atoms with Gasteiger partial charge in [-0.3, -0.25) is 4.90 Å². The highest BCUT2D eigenvalue weighted by Gasteiger charge is 2.20. The smallest absolute Gasteiger partial charge is 0.159 e. The van der Waals surface area contributed by atoms with Crippen molar-refractivity contribution in [3.63, 3.8) is 0 Å². The number of fused-ring (bicyclic) bond motifs is 1. The molecule has 0 N–H and O–H groups in total. The molecule has 5 nitrogen and oxygen atoms in total. The maximum Gasteiger partial charge on any atom is 0.159 e. The van der Waals surface area contributed by atoms with Gasteiger partial charge in [-0.05, 0) is 54.6 Å². The van der Waals surface area contributed by atoms with E-state index in [1.165, 1.54) is 11.3 Å². The summed E-state index contributed by atoms with van der Waals surface area (Å²) in [6, 6.07) is 21.7. The van der Waals surface area contributed by atoms with Crippen molar-refractivity contribution in [3.8, 4) is 23.1 Å². The molecule has 0 atom stereocenters. The van der Waals surface area contributed by atoms with Crippen molar-refractivity contribution < 1.29 is 0 Å². The largest absolute Gasteiger partial charge is 0.320 e. The van der Waals surface area contributed by atoms with E-state index in [4.69, 9.17) is 16.6 Å². The van der Waals surface area contributed by atoms with Crippen LogP contribution in [0.1, 0.15) is 22.5 Å². The van der Waals surface area contributed by atoms with E-state index in [2.05, 4.69) is 26.6 Å². The molecule has 1 aliphatic rings. The van der Waals surface area contributed by atoms with E-state index in [-0.39, 0.29) is 0 Å². The van der Waals surface area contributed by atoms with Gasteiger partial charge in [-0.15, -0.1) is 0 Å². The van der Waals surface area contributed by atoms with E-state index >= 15 is 0 Å². The number of hydrogen-bond acceptors (Lipinski definition) is 4. The normalized spacial score (nSPS) is 13.5. The Balaban J connectivity index is 1.34. The van der Waals surface area contributed by atoms with Crippen LogP contribution in [0.3, 0.4) is 0 Å². The standard InChI is InChI=1S/C25H20ClN5/c26-21-8-6-19(7-9-21)25-28-15-20-16-30(12-10-24(20)29-25)17-23-5-2-11-31(23)22-4-1-3-18(13-22)14-27/h1-9,11,13,15H,10,12,16-17H2. The van der Waals surface area contributed by atoms with Crippen LogP contribution in [0.25, 0.3) is 17.1 Å². The lowest BCUT2D eigenvalue weighted by Gasteiger charge is -2.28. The zero-order chi connectivity index (χ0) is 21.2. The summed E-state index contributed by atoms with van der Waals surface area (Å²) in [5.74, 6) is 0.745. The van der Waals surface area contributed by atoms with E-state index in [9.17, 15) is 5.26 Å². The number of rotatable bonds is 4. The Bertz CT molecular complexity index is 1270. The molecule has 0 saturated carbocycles. The highest BCUT2D eigenvalue weighted by atomic mass is 35.5. The van der Waals surface area contributed by atoms with Crippen molar-refractivity contribution in [2.24, 2.45) is 0 Å². The van der Waals surface area contributed by atoms with Crippen LogP contribution in [0.2, 0.25) is 5.02 Å². The lowest BCUT2D eigenvalue weighted by molar-refractivity contribution is 0.239. The van der Waals surface area contributed by atoms with Crippen molar-refractivity contribution in [1.29, 1.82) is 5.26 Å². The molecule has 31 heavy (non-hydrogen) atoms. The van der Waals surface area contributed by atoms with E-state index in [0.717, 1.165) is 48.8 Å². The van der Waals surface area contributed by atoms with Gasteiger partial charge in [0.25, 0.3) is 0 Å². The van der Waals surface area contributed by atoms with E-state index in [0.29, 0.717) is 10.6 Å². The Morgan fingerprint density at radius 2 is 1.94 bits per heavy atom. The number of aromatic nitrogens is 3. The Hall–Kier alpha value is -3.46. The molecule has 0 aliphatic carbocycles. The molecular weight excluding hydrogens is 406 g/mol. The summed E-state index contributed by atoms with van der Waals surface area (Å²) in [7, 11) is 0. The molecule has 2 aromatic heterocycles. The van der Waals surface area contributed by atoms with Crippen LogP contribution in [-0.2, 0) is 19.5 Å². The second-order valence-electron chi connectivity index (χ2n) is 7.66. The van der Waals surface area contributed by atoms with Gasteiger partial charge in [-0.1, -0.05) is 17.7 Å². The van der Waals surface area contributed by atoms with E-state index in [1.54, 1.807) is 0 Å². The molecular formula is C25H20ClN5. The number of nitriles is 1. The quantitative estimate of drug-likeness (QED) is 0.460. The van der Waals surface area contributed by atoms with Crippen molar-refractivity contribution in [2.75, 3.05) is 6.54 Å². The minimum Gasteiger partial charge on any atom is -0.320 e. The minimum absolute atomic E-state index is 0.665. The molecule has 0 bridgehead atoms. The van der Waals surface area contributed by atoms with Gasteiger partial charge in [0.05, 0.1) is 17.3 Å². The number of benzene rings is 2. The predicted octanol–water partition coefficient (Wildman–Crippen LogP) is 5.02. The van der Waals surface area contributed by atoms with Crippen molar-refractivity contribution in [1.82, 2.24) is 19.4 Å². The summed E-state index contributed by atoms with van der Waals surface area (Å²) in [6.07, 6.45) is 4.89. The third-order valence-corrected chi connectivity index (χ3v) is 5.84. The van der Waals surface area contributed by atoms with Gasteiger partial charge in [-0.25, -0.2) is 9.97 Å². The number of nitrogens with zero attached hydrogens (tertiary/aromatic N) is 5. The van der Waals surface area contributed by atoms with Crippen LogP contribution in [0.4, 0.5) is 0 Å². The van der Waals surface area contributed by atoms with Gasteiger partial charge in [-0.2, -0.15) is 5.26 Å². The Labute approximate surface area is 186 Å². The second-order valence-corrected chi connectivity index (χ2v) is 8.10. The summed E-state index contributed by atoms with van der Waals surface area (Å²) in [6.45, 7) is 2.58. The monoisotopic (exact) mass is 425 g/mol. The summed E-state index contributed by atoms with van der Waals surface area (Å²) < 4.78 is 2.15. The average molecular weight is 426 g/mol. The molecule has 4 aromatic rings. The van der Waals surface area contributed by atoms with Gasteiger partial charge >= 0.3 is 0 Å². The average Bonchev–Trinajstić information content (AvgIpc) is 3.27. The topological polar surface area (TPSA) is 57.7 Å². The molecule has 2 aromatic carbocycles. The Kier molecular flexibility index (Phi) is 5.25. The van der Waals surface area contributed by atoms with Crippen LogP contribution in [0.15, 0.2) is 73.1 Å². The summed E-state index contributed by atoms with van der Waals surface area (Å²) in [5.41, 5.74) is 6.14. The fraction of sp³-hybridized carbons (Fsp3) is 0.160. The molecule has 0 spiro atoms. The van der Waals surface area contributed by atoms with Crippen LogP contribution >= 0.6 is 11.6 Å². The zero-order valence-corrected chi connectivity index (χ0v) is 17.6. The van der Waals surface area contributed by atoms with Gasteiger partial charge in [0.1, 0.15) is 0 Å². The van der Waals surface area contributed by atoms with E-state index in [1.807, 2.05) is 67.0 Å². The molecule has 6 heteroatoms. The van der Waals surface area contributed by atoms with Gasteiger partial charge in [0, 0.05) is 66.0 Å². The Morgan fingerprint density at radius 3 is 2.77 bits per heavy atom. The first-order valence-corrected chi connectivity index (χ1v) is 10.6. The maximum atomic E-state index is 9.20. The van der Waals surface area contributed by atoms with Crippen LogP contribution in [0, 0.1) is 11.3 Å². The van der Waals surface area contributed by atoms with Crippen molar-refractivity contribution in [2.45, 2.75) is 19.5 Å². The fourth-order valence-corrected chi connectivity index (χ4v) is 4.12. The molecule has 3 heterocycles. The maximum absolute atomic E-state index is 9.20. The first-order chi connectivity index (χ1) is 15.2. The van der Waals surface area contributed by atoms with Gasteiger partial charge < -0.3 is 4.57 Å². The molecule has 0 saturated heterocycles.